The van der Waals surface area contributed by atoms with Gasteiger partial charge in [-0.05, 0) is 42.0 Å². The van der Waals surface area contributed by atoms with Gasteiger partial charge in [0.25, 0.3) is 10.2 Å². The number of aromatic nitrogens is 4. The number of piperazine rings is 1. The molecule has 0 aliphatic carbocycles. The first kappa shape index (κ1) is 22.4. The predicted molar refractivity (Wildman–Crippen MR) is 129 cm³/mol. The lowest BCUT2D eigenvalue weighted by Gasteiger charge is -2.36. The smallest absolute Gasteiger partial charge is 0.281 e. The molecule has 2 aromatic heterocycles. The molecule has 0 amide bonds. The summed E-state index contributed by atoms with van der Waals surface area (Å²) in [5.41, 5.74) is 4.13. The Hall–Kier alpha value is -3.41. The monoisotopic (exact) mass is 481 g/mol. The Bertz CT molecular complexity index is 1430. The first-order chi connectivity index (χ1) is 16.3. The van der Waals surface area contributed by atoms with Crippen LogP contribution in [0.1, 0.15) is 0 Å². The third-order valence-electron chi connectivity index (χ3n) is 6.01. The van der Waals surface area contributed by atoms with Gasteiger partial charge in [0.1, 0.15) is 18.0 Å². The van der Waals surface area contributed by atoms with Crippen LogP contribution in [-0.4, -0.2) is 77.5 Å². The van der Waals surface area contributed by atoms with Gasteiger partial charge >= 0.3 is 0 Å². The summed E-state index contributed by atoms with van der Waals surface area (Å²) in [6, 6.07) is 12.2. The fourth-order valence-corrected chi connectivity index (χ4v) is 5.25. The highest BCUT2D eigenvalue weighted by Crippen LogP contribution is 2.34. The van der Waals surface area contributed by atoms with Gasteiger partial charge in [0.2, 0.25) is 0 Å². The number of aromatic amines is 1. The van der Waals surface area contributed by atoms with E-state index < -0.39 is 10.2 Å². The first-order valence-corrected chi connectivity index (χ1v) is 12.2. The number of halogens is 1. The summed E-state index contributed by atoms with van der Waals surface area (Å²) in [7, 11) is -0.367. The molecule has 2 aromatic carbocycles. The topological polar surface area (TPSA) is 98.3 Å². The van der Waals surface area contributed by atoms with E-state index >= 15 is 0 Å². The Morgan fingerprint density at radius 3 is 2.38 bits per heavy atom. The van der Waals surface area contributed by atoms with Gasteiger partial charge < -0.3 is 4.90 Å². The number of rotatable bonds is 5. The minimum atomic E-state index is -3.44. The number of H-pyrrole nitrogens is 1. The number of nitrogens with zero attached hydrogens (tertiary/aromatic N) is 6. The Morgan fingerprint density at radius 1 is 0.971 bits per heavy atom. The lowest BCUT2D eigenvalue weighted by molar-refractivity contribution is 0.355. The van der Waals surface area contributed by atoms with Crippen LogP contribution in [0.15, 0.2) is 55.0 Å². The fourth-order valence-electron chi connectivity index (χ4n) is 4.16. The van der Waals surface area contributed by atoms with Crippen molar-refractivity contribution in [1.29, 1.82) is 0 Å². The average Bonchev–Trinajstić information content (AvgIpc) is 3.34. The SMILES string of the molecule is CN(C)S(=O)(=O)N1CCN(c2ncnc3ccc(-c4c[nH]nc4-c4ccc(F)cc4)cc23)CC1. The summed E-state index contributed by atoms with van der Waals surface area (Å²) in [4.78, 5) is 11.0. The highest BCUT2D eigenvalue weighted by atomic mass is 32.2. The highest BCUT2D eigenvalue weighted by Gasteiger charge is 2.29. The Morgan fingerprint density at radius 2 is 1.68 bits per heavy atom. The lowest BCUT2D eigenvalue weighted by Crippen LogP contribution is -2.51. The quantitative estimate of drug-likeness (QED) is 0.471. The zero-order valence-electron chi connectivity index (χ0n) is 18.8. The molecule has 0 saturated carbocycles. The number of anilines is 1. The van der Waals surface area contributed by atoms with E-state index in [1.54, 1.807) is 12.1 Å². The van der Waals surface area contributed by atoms with Gasteiger partial charge in [-0.25, -0.2) is 14.4 Å². The van der Waals surface area contributed by atoms with E-state index in [1.165, 1.54) is 41.2 Å². The molecule has 1 N–H and O–H groups in total. The number of nitrogens with one attached hydrogen (secondary N) is 1. The van der Waals surface area contributed by atoms with E-state index in [-0.39, 0.29) is 5.82 Å². The number of fused-ring (bicyclic) bond motifs is 1. The highest BCUT2D eigenvalue weighted by molar-refractivity contribution is 7.86. The Balaban J connectivity index is 1.48. The van der Waals surface area contributed by atoms with E-state index in [0.29, 0.717) is 26.2 Å². The molecule has 5 rings (SSSR count). The molecule has 4 aromatic rings. The molecule has 0 unspecified atom stereocenters. The molecular weight excluding hydrogens is 457 g/mol. The zero-order valence-corrected chi connectivity index (χ0v) is 19.6. The van der Waals surface area contributed by atoms with Crippen LogP contribution >= 0.6 is 0 Å². The van der Waals surface area contributed by atoms with Crippen molar-refractivity contribution in [1.82, 2.24) is 28.8 Å². The van der Waals surface area contributed by atoms with Gasteiger partial charge in [-0.2, -0.15) is 22.1 Å². The van der Waals surface area contributed by atoms with Crippen molar-refractivity contribution >= 4 is 26.9 Å². The number of benzene rings is 2. The van der Waals surface area contributed by atoms with Crippen molar-refractivity contribution in [3.05, 3.63) is 60.8 Å². The lowest BCUT2D eigenvalue weighted by atomic mass is 10.00. The largest absolute Gasteiger partial charge is 0.353 e. The maximum atomic E-state index is 13.4. The van der Waals surface area contributed by atoms with Crippen LogP contribution < -0.4 is 4.90 Å². The summed E-state index contributed by atoms with van der Waals surface area (Å²) in [5, 5.41) is 8.16. The normalized spacial score (nSPS) is 15.4. The molecule has 0 bridgehead atoms. The molecule has 1 fully saturated rings. The van der Waals surface area contributed by atoms with Crippen molar-refractivity contribution in [3.8, 4) is 22.4 Å². The molecule has 1 saturated heterocycles. The minimum absolute atomic E-state index is 0.299. The molecule has 0 radical (unpaired) electrons. The van der Waals surface area contributed by atoms with Crippen LogP contribution in [0.4, 0.5) is 10.2 Å². The second kappa shape index (κ2) is 8.75. The van der Waals surface area contributed by atoms with Gasteiger partial charge in [0.15, 0.2) is 0 Å². The molecule has 11 heteroatoms. The molecule has 1 aliphatic rings. The van der Waals surface area contributed by atoms with Gasteiger partial charge in [0, 0.05) is 63.0 Å². The summed E-state index contributed by atoms with van der Waals surface area (Å²) >= 11 is 0. The van der Waals surface area contributed by atoms with Crippen molar-refractivity contribution < 1.29 is 12.8 Å². The molecule has 176 valence electrons. The van der Waals surface area contributed by atoms with Crippen molar-refractivity contribution in [2.24, 2.45) is 0 Å². The fraction of sp³-hybridized carbons (Fsp3) is 0.261. The molecule has 0 spiro atoms. The van der Waals surface area contributed by atoms with Crippen LogP contribution in [0, 0.1) is 5.82 Å². The molecule has 34 heavy (non-hydrogen) atoms. The van der Waals surface area contributed by atoms with Gasteiger partial charge in [-0.15, -0.1) is 0 Å². The summed E-state index contributed by atoms with van der Waals surface area (Å²) in [6.07, 6.45) is 3.34. The second-order valence-electron chi connectivity index (χ2n) is 8.26. The average molecular weight is 482 g/mol. The predicted octanol–water partition coefficient (Wildman–Crippen LogP) is 2.75. The molecule has 3 heterocycles. The number of hydrogen-bond acceptors (Lipinski definition) is 6. The van der Waals surface area contributed by atoms with Crippen LogP contribution in [0.25, 0.3) is 33.3 Å². The maximum Gasteiger partial charge on any atom is 0.281 e. The van der Waals surface area contributed by atoms with Gasteiger partial charge in [0.05, 0.1) is 11.2 Å². The van der Waals surface area contributed by atoms with Crippen molar-refractivity contribution in [3.63, 3.8) is 0 Å². The molecule has 9 nitrogen and oxygen atoms in total. The third kappa shape index (κ3) is 4.02. The van der Waals surface area contributed by atoms with Crippen LogP contribution in [-0.2, 0) is 10.2 Å². The van der Waals surface area contributed by atoms with Crippen LogP contribution in [0.5, 0.6) is 0 Å². The first-order valence-electron chi connectivity index (χ1n) is 10.8. The minimum Gasteiger partial charge on any atom is -0.353 e. The Kier molecular flexibility index (Phi) is 5.76. The van der Waals surface area contributed by atoms with Crippen molar-refractivity contribution in [2.75, 3.05) is 45.2 Å². The third-order valence-corrected chi connectivity index (χ3v) is 7.95. The molecule has 0 atom stereocenters. The van der Waals surface area contributed by atoms with Gasteiger partial charge in [-0.1, -0.05) is 6.07 Å². The molecule has 1 aliphatic heterocycles. The summed E-state index contributed by atoms with van der Waals surface area (Å²) in [6.45, 7) is 1.80. The molecular formula is C23H24FN7O2S. The summed E-state index contributed by atoms with van der Waals surface area (Å²) < 4.78 is 41.0. The number of hydrogen-bond donors (Lipinski definition) is 1. The summed E-state index contributed by atoms with van der Waals surface area (Å²) in [5.74, 6) is 0.465. The van der Waals surface area contributed by atoms with E-state index in [0.717, 1.165) is 39.1 Å². The van der Waals surface area contributed by atoms with E-state index in [1.807, 2.05) is 24.4 Å². The standard InChI is InChI=1S/C23H24FN7O2S/c1-29(2)34(32,33)31-11-9-30(10-12-31)23-19-13-17(5-8-21(19)25-15-26-23)20-14-27-28-22(20)16-3-6-18(24)7-4-16/h3-8,13-15H,9-12H2,1-2H3,(H,27,28). The zero-order chi connectivity index (χ0) is 23.9. The van der Waals surface area contributed by atoms with Crippen LogP contribution in [0.3, 0.4) is 0 Å². The van der Waals surface area contributed by atoms with Crippen molar-refractivity contribution in [2.45, 2.75) is 0 Å². The van der Waals surface area contributed by atoms with E-state index in [9.17, 15) is 12.8 Å². The van der Waals surface area contributed by atoms with E-state index in [2.05, 4.69) is 25.1 Å². The van der Waals surface area contributed by atoms with Gasteiger partial charge in [-0.3, -0.25) is 5.10 Å². The van der Waals surface area contributed by atoms with Crippen LogP contribution in [0.2, 0.25) is 0 Å². The maximum absolute atomic E-state index is 13.4. The van der Waals surface area contributed by atoms with E-state index in [4.69, 9.17) is 0 Å². The second-order valence-corrected chi connectivity index (χ2v) is 10.4. The Labute approximate surface area is 197 Å².